The maximum absolute atomic E-state index is 12.7. The lowest BCUT2D eigenvalue weighted by Crippen LogP contribution is -2.42. The summed E-state index contributed by atoms with van der Waals surface area (Å²) in [5, 5.41) is 10.1. The number of nitrogens with zero attached hydrogens (tertiary/aromatic N) is 3. The molecule has 26 heavy (non-hydrogen) atoms. The number of pyridine rings is 1. The molecule has 0 saturated carbocycles. The first-order chi connectivity index (χ1) is 12.4. The van der Waals surface area contributed by atoms with Gasteiger partial charge in [-0.15, -0.1) is 0 Å². The van der Waals surface area contributed by atoms with Crippen LogP contribution in [0.3, 0.4) is 0 Å². The van der Waals surface area contributed by atoms with Crippen molar-refractivity contribution < 1.29 is 13.2 Å². The maximum atomic E-state index is 12.7. The van der Waals surface area contributed by atoms with Gasteiger partial charge in [-0.05, 0) is 50.7 Å². The van der Waals surface area contributed by atoms with E-state index < -0.39 is 9.84 Å². The molecule has 0 aromatic carbocycles. The summed E-state index contributed by atoms with van der Waals surface area (Å²) < 4.78 is 23.4. The minimum atomic E-state index is -3.03. The van der Waals surface area contributed by atoms with Crippen molar-refractivity contribution >= 4 is 27.5 Å². The van der Waals surface area contributed by atoms with E-state index in [1.807, 2.05) is 13.8 Å². The minimum Gasteiger partial charge on any atom is -0.338 e. The van der Waals surface area contributed by atoms with Gasteiger partial charge in [0, 0.05) is 18.3 Å². The van der Waals surface area contributed by atoms with Gasteiger partial charge in [-0.2, -0.15) is 5.26 Å². The Hall–Kier alpha value is -1.59. The van der Waals surface area contributed by atoms with Crippen molar-refractivity contribution in [2.24, 2.45) is 0 Å². The Kier molecular flexibility index (Phi) is 5.58. The highest BCUT2D eigenvalue weighted by molar-refractivity contribution is 8.00. The monoisotopic (exact) mass is 393 g/mol. The van der Waals surface area contributed by atoms with E-state index in [-0.39, 0.29) is 29.2 Å². The van der Waals surface area contributed by atoms with Crippen LogP contribution in [0, 0.1) is 18.3 Å². The summed E-state index contributed by atoms with van der Waals surface area (Å²) in [7, 11) is -3.03. The number of hydrogen-bond donors (Lipinski definition) is 0. The smallest absolute Gasteiger partial charge is 0.233 e. The van der Waals surface area contributed by atoms with E-state index in [4.69, 9.17) is 0 Å². The van der Waals surface area contributed by atoms with Crippen molar-refractivity contribution in [3.63, 3.8) is 0 Å². The van der Waals surface area contributed by atoms with Crippen LogP contribution in [0.4, 0.5) is 0 Å². The van der Waals surface area contributed by atoms with Gasteiger partial charge in [0.25, 0.3) is 0 Å². The van der Waals surface area contributed by atoms with Crippen LogP contribution in [0.5, 0.6) is 0 Å². The molecule has 1 aromatic rings. The summed E-state index contributed by atoms with van der Waals surface area (Å²) in [5.41, 5.74) is 3.78. The average molecular weight is 394 g/mol. The van der Waals surface area contributed by atoms with Crippen LogP contribution in [0.15, 0.2) is 5.03 Å². The lowest BCUT2D eigenvalue weighted by atomic mass is 10.0. The Bertz CT molecular complexity index is 875. The largest absolute Gasteiger partial charge is 0.338 e. The maximum Gasteiger partial charge on any atom is 0.233 e. The number of thioether (sulfide) groups is 1. The summed E-state index contributed by atoms with van der Waals surface area (Å²) in [6.45, 7) is 4.31. The highest BCUT2D eigenvalue weighted by atomic mass is 32.2. The topological polar surface area (TPSA) is 91.1 Å². The fourth-order valence-electron chi connectivity index (χ4n) is 3.85. The Morgan fingerprint density at radius 3 is 2.81 bits per heavy atom. The predicted octanol–water partition coefficient (Wildman–Crippen LogP) is 1.88. The Balaban J connectivity index is 1.73. The van der Waals surface area contributed by atoms with E-state index in [0.29, 0.717) is 23.6 Å². The summed E-state index contributed by atoms with van der Waals surface area (Å²) in [4.78, 5) is 19.0. The number of aryl methyl sites for hydroxylation is 1. The van der Waals surface area contributed by atoms with Gasteiger partial charge >= 0.3 is 0 Å². The molecule has 2 heterocycles. The van der Waals surface area contributed by atoms with Gasteiger partial charge in [0.2, 0.25) is 5.91 Å². The molecule has 1 fully saturated rings. The van der Waals surface area contributed by atoms with E-state index in [2.05, 4.69) is 11.1 Å². The number of carbonyl (C=O) groups is 1. The number of amides is 1. The van der Waals surface area contributed by atoms with Crippen LogP contribution in [-0.2, 0) is 27.5 Å². The van der Waals surface area contributed by atoms with Gasteiger partial charge in [0.15, 0.2) is 9.84 Å². The highest BCUT2D eigenvalue weighted by Crippen LogP contribution is 2.32. The first kappa shape index (κ1) is 19.2. The number of fused-ring (bicyclic) bond motifs is 1. The number of rotatable bonds is 5. The lowest BCUT2D eigenvalue weighted by Gasteiger charge is -2.26. The summed E-state index contributed by atoms with van der Waals surface area (Å²) >= 11 is 1.29. The molecule has 3 rings (SSSR count). The Morgan fingerprint density at radius 1 is 1.42 bits per heavy atom. The molecule has 0 bridgehead atoms. The Labute approximate surface area is 158 Å². The average Bonchev–Trinajstić information content (AvgIpc) is 3.20. The third kappa shape index (κ3) is 3.74. The molecular weight excluding hydrogens is 370 g/mol. The zero-order chi connectivity index (χ0) is 18.9. The van der Waals surface area contributed by atoms with Gasteiger partial charge < -0.3 is 4.90 Å². The van der Waals surface area contributed by atoms with Crippen LogP contribution < -0.4 is 0 Å². The first-order valence-electron chi connectivity index (χ1n) is 8.91. The van der Waals surface area contributed by atoms with Gasteiger partial charge in [0.1, 0.15) is 11.1 Å². The van der Waals surface area contributed by atoms with E-state index in [0.717, 1.165) is 30.5 Å². The molecule has 2 aliphatic rings. The quantitative estimate of drug-likeness (QED) is 0.710. The van der Waals surface area contributed by atoms with Gasteiger partial charge in [0.05, 0.1) is 22.8 Å². The number of carbonyl (C=O) groups excluding carboxylic acids is 1. The van der Waals surface area contributed by atoms with Crippen LogP contribution in [0.1, 0.15) is 42.1 Å². The number of nitriles is 1. The van der Waals surface area contributed by atoms with Gasteiger partial charge in [-0.1, -0.05) is 11.8 Å². The van der Waals surface area contributed by atoms with Crippen LogP contribution in [0.25, 0.3) is 0 Å². The molecule has 0 radical (unpaired) electrons. The first-order valence-corrected chi connectivity index (χ1v) is 11.7. The Morgan fingerprint density at radius 2 is 2.19 bits per heavy atom. The molecule has 1 aliphatic heterocycles. The standard InChI is InChI=1S/C18H23N3O3S2/c1-3-21(13-7-8-26(23,24)11-13)17(22)10-25-18-15(9-19)12(2)14-5-4-6-16(14)20-18/h13H,3-8,10-11H2,1-2H3. The second-order valence-electron chi connectivity index (χ2n) is 6.83. The summed E-state index contributed by atoms with van der Waals surface area (Å²) in [6, 6.07) is 2.01. The van der Waals surface area contributed by atoms with Gasteiger partial charge in [-0.25, -0.2) is 13.4 Å². The lowest BCUT2D eigenvalue weighted by molar-refractivity contribution is -0.129. The second kappa shape index (κ2) is 7.57. The van der Waals surface area contributed by atoms with E-state index in [1.165, 1.54) is 17.3 Å². The number of hydrogen-bond acceptors (Lipinski definition) is 6. The molecule has 1 unspecified atom stereocenters. The molecule has 8 heteroatoms. The molecule has 140 valence electrons. The normalized spacial score (nSPS) is 20.6. The van der Waals surface area contributed by atoms with E-state index >= 15 is 0 Å². The zero-order valence-corrected chi connectivity index (χ0v) is 16.8. The van der Waals surface area contributed by atoms with Crippen molar-refractivity contribution in [3.8, 4) is 6.07 Å². The molecule has 1 saturated heterocycles. The molecule has 1 atom stereocenters. The van der Waals surface area contributed by atoms with Crippen molar-refractivity contribution in [2.45, 2.75) is 50.6 Å². The fraction of sp³-hybridized carbons (Fsp3) is 0.611. The highest BCUT2D eigenvalue weighted by Gasteiger charge is 2.34. The SMILES string of the molecule is CCN(C(=O)CSc1nc2c(c(C)c1C#N)CCC2)C1CCS(=O)(=O)C1. The minimum absolute atomic E-state index is 0.0525. The van der Waals surface area contributed by atoms with Crippen molar-refractivity contribution in [1.82, 2.24) is 9.88 Å². The van der Waals surface area contributed by atoms with Gasteiger partial charge in [-0.3, -0.25) is 4.79 Å². The van der Waals surface area contributed by atoms with Crippen molar-refractivity contribution in [2.75, 3.05) is 23.8 Å². The second-order valence-corrected chi connectivity index (χ2v) is 10.0. The molecule has 1 aliphatic carbocycles. The fourth-order valence-corrected chi connectivity index (χ4v) is 6.53. The number of aromatic nitrogens is 1. The van der Waals surface area contributed by atoms with Crippen LogP contribution in [0.2, 0.25) is 0 Å². The molecule has 0 spiro atoms. The summed E-state index contributed by atoms with van der Waals surface area (Å²) in [5.74, 6) is 0.281. The van der Waals surface area contributed by atoms with Crippen molar-refractivity contribution in [1.29, 1.82) is 5.26 Å². The molecular formula is C18H23N3O3S2. The number of sulfone groups is 1. The van der Waals surface area contributed by atoms with Crippen LogP contribution in [-0.4, -0.2) is 54.1 Å². The van der Waals surface area contributed by atoms with Crippen molar-refractivity contribution in [3.05, 3.63) is 22.4 Å². The third-order valence-electron chi connectivity index (χ3n) is 5.22. The molecule has 1 amide bonds. The van der Waals surface area contributed by atoms with Crippen LogP contribution >= 0.6 is 11.8 Å². The third-order valence-corrected chi connectivity index (χ3v) is 7.93. The molecule has 1 aromatic heterocycles. The summed E-state index contributed by atoms with van der Waals surface area (Å²) in [6.07, 6.45) is 3.45. The predicted molar refractivity (Wildman–Crippen MR) is 101 cm³/mol. The molecule has 6 nitrogen and oxygen atoms in total. The zero-order valence-electron chi connectivity index (χ0n) is 15.1. The van der Waals surface area contributed by atoms with E-state index in [1.54, 1.807) is 4.90 Å². The molecule has 0 N–H and O–H groups in total. The van der Waals surface area contributed by atoms with E-state index in [9.17, 15) is 18.5 Å².